The summed E-state index contributed by atoms with van der Waals surface area (Å²) < 4.78 is 1.13. The molecular formula is C10H15IN2. The summed E-state index contributed by atoms with van der Waals surface area (Å²) in [6.45, 7) is 5.19. The van der Waals surface area contributed by atoms with E-state index in [1.165, 1.54) is 5.56 Å². The molecule has 0 fully saturated rings. The van der Waals surface area contributed by atoms with Crippen molar-refractivity contribution >= 4 is 28.3 Å². The molecule has 0 saturated heterocycles. The van der Waals surface area contributed by atoms with E-state index >= 15 is 0 Å². The van der Waals surface area contributed by atoms with Gasteiger partial charge in [0.25, 0.3) is 0 Å². The molecule has 0 spiro atoms. The van der Waals surface area contributed by atoms with Crippen LogP contribution in [0.4, 0.5) is 5.69 Å². The van der Waals surface area contributed by atoms with Gasteiger partial charge in [0.15, 0.2) is 0 Å². The molecule has 1 aromatic carbocycles. The highest BCUT2D eigenvalue weighted by Crippen LogP contribution is 2.16. The smallest absolute Gasteiger partial charge is 0.0449 e. The predicted molar refractivity (Wildman–Crippen MR) is 65.5 cm³/mol. The number of hydrogen-bond donors (Lipinski definition) is 2. The fourth-order valence-electron chi connectivity index (χ4n) is 1.00. The van der Waals surface area contributed by atoms with E-state index in [-0.39, 0.29) is 0 Å². The molecule has 0 atom stereocenters. The molecule has 0 saturated carbocycles. The Hall–Kier alpha value is -0.290. The number of halogens is 1. The van der Waals surface area contributed by atoms with E-state index in [1.54, 1.807) is 0 Å². The van der Waals surface area contributed by atoms with Crippen LogP contribution in [-0.2, 0) is 6.54 Å². The highest BCUT2D eigenvalue weighted by Gasteiger charge is 1.98. The Kier molecular flexibility index (Phi) is 3.99. The van der Waals surface area contributed by atoms with Gasteiger partial charge in [-0.15, -0.1) is 0 Å². The molecule has 1 rings (SSSR count). The number of nitrogen functional groups attached to an aromatic ring is 1. The van der Waals surface area contributed by atoms with Crippen LogP contribution in [0.15, 0.2) is 18.2 Å². The van der Waals surface area contributed by atoms with Crippen molar-refractivity contribution in [3.63, 3.8) is 0 Å². The van der Waals surface area contributed by atoms with Gasteiger partial charge in [0, 0.05) is 21.8 Å². The van der Waals surface area contributed by atoms with Crippen molar-refractivity contribution in [3.05, 3.63) is 27.3 Å². The van der Waals surface area contributed by atoms with E-state index in [1.807, 2.05) is 6.07 Å². The maximum Gasteiger partial charge on any atom is 0.0449 e. The van der Waals surface area contributed by atoms with Gasteiger partial charge in [0.2, 0.25) is 0 Å². The first-order valence-corrected chi connectivity index (χ1v) is 5.44. The number of rotatable bonds is 3. The second-order valence-corrected chi connectivity index (χ2v) is 4.55. The Balaban J connectivity index is 2.63. The van der Waals surface area contributed by atoms with Crippen molar-refractivity contribution in [1.82, 2.24) is 5.32 Å². The molecule has 3 heteroatoms. The minimum Gasteiger partial charge on any atom is -0.398 e. The van der Waals surface area contributed by atoms with E-state index in [9.17, 15) is 0 Å². The molecule has 0 aliphatic heterocycles. The molecule has 0 aliphatic rings. The molecule has 3 N–H and O–H groups in total. The van der Waals surface area contributed by atoms with Gasteiger partial charge in [-0.25, -0.2) is 0 Å². The monoisotopic (exact) mass is 290 g/mol. The lowest BCUT2D eigenvalue weighted by Crippen LogP contribution is -2.21. The van der Waals surface area contributed by atoms with E-state index < -0.39 is 0 Å². The highest BCUT2D eigenvalue weighted by atomic mass is 127. The van der Waals surface area contributed by atoms with Crippen LogP contribution >= 0.6 is 22.6 Å². The lowest BCUT2D eigenvalue weighted by atomic mass is 10.2. The average molecular weight is 290 g/mol. The van der Waals surface area contributed by atoms with Gasteiger partial charge in [-0.2, -0.15) is 0 Å². The summed E-state index contributed by atoms with van der Waals surface area (Å²) >= 11 is 2.25. The molecule has 0 aromatic heterocycles. The Morgan fingerprint density at radius 3 is 2.69 bits per heavy atom. The third-order valence-corrected chi connectivity index (χ3v) is 2.71. The standard InChI is InChI=1S/C10H15IN2/c1-7(2)13-6-8-3-4-10(12)9(11)5-8/h3-5,7,13H,6,12H2,1-2H3. The molecule has 0 heterocycles. The molecule has 0 unspecified atom stereocenters. The second kappa shape index (κ2) is 4.81. The van der Waals surface area contributed by atoms with Crippen molar-refractivity contribution in [2.75, 3.05) is 5.73 Å². The summed E-state index contributed by atoms with van der Waals surface area (Å²) in [4.78, 5) is 0. The third kappa shape index (κ3) is 3.52. The maximum absolute atomic E-state index is 5.72. The first-order chi connectivity index (χ1) is 6.09. The largest absolute Gasteiger partial charge is 0.398 e. The number of benzene rings is 1. The molecule has 72 valence electrons. The zero-order valence-electron chi connectivity index (χ0n) is 7.97. The number of anilines is 1. The van der Waals surface area contributed by atoms with Gasteiger partial charge in [-0.05, 0) is 40.3 Å². The molecule has 13 heavy (non-hydrogen) atoms. The summed E-state index contributed by atoms with van der Waals surface area (Å²) in [6, 6.07) is 6.66. The van der Waals surface area contributed by atoms with E-state index in [2.05, 4.69) is 53.9 Å². The van der Waals surface area contributed by atoms with Crippen LogP contribution in [0.1, 0.15) is 19.4 Å². The predicted octanol–water partition coefficient (Wildman–Crippen LogP) is 2.37. The Labute approximate surface area is 93.0 Å². The van der Waals surface area contributed by atoms with E-state index in [0.717, 1.165) is 15.8 Å². The third-order valence-electron chi connectivity index (χ3n) is 1.78. The van der Waals surface area contributed by atoms with Crippen LogP contribution in [0.3, 0.4) is 0 Å². The van der Waals surface area contributed by atoms with Crippen LogP contribution in [0.2, 0.25) is 0 Å². The van der Waals surface area contributed by atoms with Gasteiger partial charge in [-0.3, -0.25) is 0 Å². The zero-order valence-corrected chi connectivity index (χ0v) is 10.1. The lowest BCUT2D eigenvalue weighted by molar-refractivity contribution is 0.589. The molecule has 0 aliphatic carbocycles. The van der Waals surface area contributed by atoms with Crippen molar-refractivity contribution in [2.24, 2.45) is 0 Å². The fraction of sp³-hybridized carbons (Fsp3) is 0.400. The quantitative estimate of drug-likeness (QED) is 0.662. The number of hydrogen-bond acceptors (Lipinski definition) is 2. The van der Waals surface area contributed by atoms with Crippen molar-refractivity contribution < 1.29 is 0 Å². The van der Waals surface area contributed by atoms with E-state index in [4.69, 9.17) is 5.73 Å². The molecule has 1 aromatic rings. The van der Waals surface area contributed by atoms with Crippen LogP contribution in [-0.4, -0.2) is 6.04 Å². The molecule has 0 amide bonds. The average Bonchev–Trinajstić information content (AvgIpc) is 2.07. The second-order valence-electron chi connectivity index (χ2n) is 3.39. The topological polar surface area (TPSA) is 38.0 Å². The van der Waals surface area contributed by atoms with Crippen molar-refractivity contribution in [1.29, 1.82) is 0 Å². The van der Waals surface area contributed by atoms with Gasteiger partial charge >= 0.3 is 0 Å². The fourth-order valence-corrected chi connectivity index (χ4v) is 1.58. The van der Waals surface area contributed by atoms with Gasteiger partial charge in [-0.1, -0.05) is 19.9 Å². The van der Waals surface area contributed by atoms with E-state index in [0.29, 0.717) is 6.04 Å². The Morgan fingerprint density at radius 2 is 2.15 bits per heavy atom. The summed E-state index contributed by atoms with van der Waals surface area (Å²) in [5.41, 5.74) is 7.86. The van der Waals surface area contributed by atoms with Gasteiger partial charge in [0.1, 0.15) is 0 Å². The summed E-state index contributed by atoms with van der Waals surface area (Å²) in [5, 5.41) is 3.36. The van der Waals surface area contributed by atoms with Crippen molar-refractivity contribution in [3.8, 4) is 0 Å². The summed E-state index contributed by atoms with van der Waals surface area (Å²) in [7, 11) is 0. The van der Waals surface area contributed by atoms with Gasteiger partial charge < -0.3 is 11.1 Å². The summed E-state index contributed by atoms with van der Waals surface area (Å²) in [6.07, 6.45) is 0. The Morgan fingerprint density at radius 1 is 1.46 bits per heavy atom. The minimum atomic E-state index is 0.523. The first kappa shape index (κ1) is 10.8. The Bertz CT molecular complexity index is 284. The SMILES string of the molecule is CC(C)NCc1ccc(N)c(I)c1. The first-order valence-electron chi connectivity index (χ1n) is 4.37. The van der Waals surface area contributed by atoms with Gasteiger partial charge in [0.05, 0.1) is 0 Å². The van der Waals surface area contributed by atoms with Crippen LogP contribution in [0.25, 0.3) is 0 Å². The van der Waals surface area contributed by atoms with Crippen LogP contribution < -0.4 is 11.1 Å². The number of nitrogens with one attached hydrogen (secondary N) is 1. The molecular weight excluding hydrogens is 275 g/mol. The van der Waals surface area contributed by atoms with Crippen molar-refractivity contribution in [2.45, 2.75) is 26.4 Å². The maximum atomic E-state index is 5.72. The number of nitrogens with two attached hydrogens (primary N) is 1. The molecule has 0 radical (unpaired) electrons. The lowest BCUT2D eigenvalue weighted by Gasteiger charge is -2.08. The molecule has 0 bridgehead atoms. The zero-order chi connectivity index (χ0) is 9.84. The highest BCUT2D eigenvalue weighted by molar-refractivity contribution is 14.1. The van der Waals surface area contributed by atoms with Crippen LogP contribution in [0.5, 0.6) is 0 Å². The minimum absolute atomic E-state index is 0.523. The molecule has 2 nitrogen and oxygen atoms in total. The normalized spacial score (nSPS) is 10.8. The summed E-state index contributed by atoms with van der Waals surface area (Å²) in [5.74, 6) is 0. The van der Waals surface area contributed by atoms with Crippen LogP contribution in [0, 0.1) is 3.57 Å².